The number of aryl methyl sites for hydroxylation is 1. The number of nitrogens with zero attached hydrogens (tertiary/aromatic N) is 1. The number of hydrogen-bond donors (Lipinski definition) is 0. The predicted octanol–water partition coefficient (Wildman–Crippen LogP) is 3.18. The quantitative estimate of drug-likeness (QED) is 0.764. The monoisotopic (exact) mass is 249 g/mol. The van der Waals surface area contributed by atoms with Gasteiger partial charge in [0.15, 0.2) is 0 Å². The van der Waals surface area contributed by atoms with Gasteiger partial charge in [0.1, 0.15) is 0 Å². The van der Waals surface area contributed by atoms with E-state index in [4.69, 9.17) is 4.74 Å². The molecule has 0 aliphatic carbocycles. The minimum Gasteiger partial charge on any atom is -0.466 e. The third kappa shape index (κ3) is 3.27. The zero-order chi connectivity index (χ0) is 12.1. The maximum atomic E-state index is 11.2. The minimum atomic E-state index is -0.117. The van der Waals surface area contributed by atoms with Crippen molar-refractivity contribution in [2.45, 2.75) is 26.2 Å². The molecule has 1 aromatic carbocycles. The van der Waals surface area contributed by atoms with Crippen LogP contribution in [0.15, 0.2) is 24.3 Å². The topological polar surface area (TPSA) is 39.2 Å². The van der Waals surface area contributed by atoms with Gasteiger partial charge >= 0.3 is 5.97 Å². The molecule has 0 atom stereocenters. The van der Waals surface area contributed by atoms with E-state index in [1.165, 1.54) is 4.70 Å². The summed E-state index contributed by atoms with van der Waals surface area (Å²) in [5.41, 5.74) is 1.05. The van der Waals surface area contributed by atoms with Gasteiger partial charge in [-0.05, 0) is 31.9 Å². The number of aromatic nitrogens is 1. The number of carbonyl (C=O) groups is 1. The number of ether oxygens (including phenoxy) is 1. The van der Waals surface area contributed by atoms with Crippen molar-refractivity contribution in [2.24, 2.45) is 0 Å². The van der Waals surface area contributed by atoms with Crippen molar-refractivity contribution in [3.05, 3.63) is 29.3 Å². The summed E-state index contributed by atoms with van der Waals surface area (Å²) in [5, 5.41) is 1.09. The molecule has 0 spiro atoms. The highest BCUT2D eigenvalue weighted by molar-refractivity contribution is 7.18. The zero-order valence-electron chi connectivity index (χ0n) is 9.81. The fourth-order valence-electron chi connectivity index (χ4n) is 1.64. The molecule has 0 unspecified atom stereocenters. The van der Waals surface area contributed by atoms with E-state index in [0.29, 0.717) is 13.0 Å². The van der Waals surface area contributed by atoms with Gasteiger partial charge < -0.3 is 4.74 Å². The molecule has 0 aliphatic heterocycles. The summed E-state index contributed by atoms with van der Waals surface area (Å²) in [6, 6.07) is 8.09. The van der Waals surface area contributed by atoms with Crippen LogP contribution in [0, 0.1) is 0 Å². The molecule has 0 fully saturated rings. The second kappa shape index (κ2) is 5.77. The third-order valence-electron chi connectivity index (χ3n) is 2.42. The van der Waals surface area contributed by atoms with Crippen LogP contribution < -0.4 is 0 Å². The van der Waals surface area contributed by atoms with Crippen LogP contribution in [-0.4, -0.2) is 17.6 Å². The summed E-state index contributed by atoms with van der Waals surface area (Å²) in [6.45, 7) is 2.28. The number of hydrogen-bond acceptors (Lipinski definition) is 4. The number of para-hydroxylation sites is 1. The molecule has 1 heterocycles. The summed E-state index contributed by atoms with van der Waals surface area (Å²) < 4.78 is 6.09. The van der Waals surface area contributed by atoms with Crippen LogP contribution in [0.2, 0.25) is 0 Å². The van der Waals surface area contributed by atoms with E-state index in [1.807, 2.05) is 25.1 Å². The van der Waals surface area contributed by atoms with Crippen molar-refractivity contribution in [3.63, 3.8) is 0 Å². The lowest BCUT2D eigenvalue weighted by molar-refractivity contribution is -0.143. The highest BCUT2D eigenvalue weighted by Gasteiger charge is 2.05. The molecule has 1 aromatic heterocycles. The van der Waals surface area contributed by atoms with E-state index in [1.54, 1.807) is 11.3 Å². The van der Waals surface area contributed by atoms with Gasteiger partial charge in [-0.1, -0.05) is 12.1 Å². The Balaban J connectivity index is 1.89. The van der Waals surface area contributed by atoms with Gasteiger partial charge in [-0.25, -0.2) is 4.98 Å². The summed E-state index contributed by atoms with van der Waals surface area (Å²) in [4.78, 5) is 15.7. The lowest BCUT2D eigenvalue weighted by atomic mass is 10.2. The first kappa shape index (κ1) is 12.0. The largest absolute Gasteiger partial charge is 0.466 e. The Kier molecular flexibility index (Phi) is 4.09. The highest BCUT2D eigenvalue weighted by Crippen LogP contribution is 2.22. The number of benzene rings is 1. The Morgan fingerprint density at radius 3 is 3.00 bits per heavy atom. The molecule has 0 N–H and O–H groups in total. The standard InChI is InChI=1S/C13H15NO2S/c1-2-16-13(15)9-5-8-12-14-10-6-3-4-7-11(10)17-12/h3-4,6-7H,2,5,8-9H2,1H3. The maximum absolute atomic E-state index is 11.2. The van der Waals surface area contributed by atoms with Crippen molar-refractivity contribution >= 4 is 27.5 Å². The van der Waals surface area contributed by atoms with Crippen molar-refractivity contribution in [1.29, 1.82) is 0 Å². The molecule has 90 valence electrons. The number of rotatable bonds is 5. The van der Waals surface area contributed by atoms with E-state index in [0.717, 1.165) is 23.4 Å². The predicted molar refractivity (Wildman–Crippen MR) is 69.2 cm³/mol. The first-order chi connectivity index (χ1) is 8.29. The number of esters is 1. The Labute approximate surface area is 104 Å². The number of carbonyl (C=O) groups excluding carboxylic acids is 1. The fourth-order valence-corrected chi connectivity index (χ4v) is 2.65. The van der Waals surface area contributed by atoms with Crippen molar-refractivity contribution in [1.82, 2.24) is 4.98 Å². The Morgan fingerprint density at radius 2 is 2.24 bits per heavy atom. The van der Waals surface area contributed by atoms with Gasteiger partial charge in [-0.15, -0.1) is 11.3 Å². The lowest BCUT2D eigenvalue weighted by Gasteiger charge is -1.99. The summed E-state index contributed by atoms with van der Waals surface area (Å²) in [7, 11) is 0. The average Bonchev–Trinajstić information content (AvgIpc) is 2.71. The Morgan fingerprint density at radius 1 is 1.41 bits per heavy atom. The molecule has 0 saturated heterocycles. The van der Waals surface area contributed by atoms with E-state index in [-0.39, 0.29) is 5.97 Å². The Bertz CT molecular complexity index is 474. The van der Waals surface area contributed by atoms with Crippen LogP contribution in [0.25, 0.3) is 10.2 Å². The molecule has 0 radical (unpaired) electrons. The van der Waals surface area contributed by atoms with Crippen LogP contribution >= 0.6 is 11.3 Å². The van der Waals surface area contributed by atoms with Crippen molar-refractivity contribution < 1.29 is 9.53 Å². The van der Waals surface area contributed by atoms with Crippen LogP contribution in [-0.2, 0) is 16.0 Å². The molecule has 17 heavy (non-hydrogen) atoms. The van der Waals surface area contributed by atoms with Gasteiger partial charge in [0.05, 0.1) is 21.8 Å². The van der Waals surface area contributed by atoms with Crippen LogP contribution in [0.5, 0.6) is 0 Å². The number of fused-ring (bicyclic) bond motifs is 1. The first-order valence-corrected chi connectivity index (χ1v) is 6.61. The Hall–Kier alpha value is -1.42. The fraction of sp³-hybridized carbons (Fsp3) is 0.385. The van der Waals surface area contributed by atoms with E-state index >= 15 is 0 Å². The average molecular weight is 249 g/mol. The van der Waals surface area contributed by atoms with Gasteiger partial charge in [0.2, 0.25) is 0 Å². The molecule has 3 nitrogen and oxygen atoms in total. The van der Waals surface area contributed by atoms with Crippen molar-refractivity contribution in [2.75, 3.05) is 6.61 Å². The van der Waals surface area contributed by atoms with Crippen molar-refractivity contribution in [3.8, 4) is 0 Å². The van der Waals surface area contributed by atoms with Gasteiger partial charge in [-0.3, -0.25) is 4.79 Å². The maximum Gasteiger partial charge on any atom is 0.305 e. The molecule has 0 amide bonds. The molecule has 0 aliphatic rings. The molecular formula is C13H15NO2S. The highest BCUT2D eigenvalue weighted by atomic mass is 32.1. The normalized spacial score (nSPS) is 10.6. The van der Waals surface area contributed by atoms with Crippen LogP contribution in [0.3, 0.4) is 0 Å². The van der Waals surface area contributed by atoms with E-state index in [9.17, 15) is 4.79 Å². The minimum absolute atomic E-state index is 0.117. The second-order valence-electron chi connectivity index (χ2n) is 3.73. The lowest BCUT2D eigenvalue weighted by Crippen LogP contribution is -2.03. The van der Waals surface area contributed by atoms with Crippen LogP contribution in [0.1, 0.15) is 24.8 Å². The molecule has 4 heteroatoms. The van der Waals surface area contributed by atoms with E-state index in [2.05, 4.69) is 11.1 Å². The van der Waals surface area contributed by atoms with E-state index < -0.39 is 0 Å². The molecule has 0 bridgehead atoms. The van der Waals surface area contributed by atoms with Gasteiger partial charge in [0, 0.05) is 6.42 Å². The molecule has 2 rings (SSSR count). The first-order valence-electron chi connectivity index (χ1n) is 5.79. The smallest absolute Gasteiger partial charge is 0.305 e. The molecule has 2 aromatic rings. The van der Waals surface area contributed by atoms with Crippen LogP contribution in [0.4, 0.5) is 0 Å². The second-order valence-corrected chi connectivity index (χ2v) is 4.85. The third-order valence-corrected chi connectivity index (χ3v) is 3.51. The SMILES string of the molecule is CCOC(=O)CCCc1nc2ccccc2s1. The molecular weight excluding hydrogens is 234 g/mol. The summed E-state index contributed by atoms with van der Waals surface area (Å²) >= 11 is 1.70. The summed E-state index contributed by atoms with van der Waals surface area (Å²) in [6.07, 6.45) is 2.13. The van der Waals surface area contributed by atoms with Gasteiger partial charge in [-0.2, -0.15) is 0 Å². The molecule has 0 saturated carbocycles. The van der Waals surface area contributed by atoms with Gasteiger partial charge in [0.25, 0.3) is 0 Å². The number of thiazole rings is 1. The zero-order valence-corrected chi connectivity index (χ0v) is 10.6. The summed E-state index contributed by atoms with van der Waals surface area (Å²) in [5.74, 6) is -0.117.